The van der Waals surface area contributed by atoms with Gasteiger partial charge in [-0.3, -0.25) is 18.5 Å². The molecule has 1 unspecified atom stereocenters. The van der Waals surface area contributed by atoms with Crippen LogP contribution in [0.5, 0.6) is 0 Å². The molecular formula is C16H22N6O2. The van der Waals surface area contributed by atoms with Crippen molar-refractivity contribution in [2.75, 3.05) is 5.01 Å². The van der Waals surface area contributed by atoms with E-state index in [1.54, 1.807) is 18.1 Å². The van der Waals surface area contributed by atoms with Gasteiger partial charge in [0, 0.05) is 13.6 Å². The Labute approximate surface area is 139 Å². The highest BCUT2D eigenvalue weighted by atomic mass is 16.2. The number of aryl methyl sites for hydroxylation is 1. The number of rotatable bonds is 3. The highest BCUT2D eigenvalue weighted by molar-refractivity contribution is 5.91. The zero-order valence-corrected chi connectivity index (χ0v) is 14.6. The van der Waals surface area contributed by atoms with E-state index >= 15 is 0 Å². The molecule has 2 aromatic rings. The van der Waals surface area contributed by atoms with Gasteiger partial charge in [0.25, 0.3) is 5.56 Å². The first kappa shape index (κ1) is 16.2. The summed E-state index contributed by atoms with van der Waals surface area (Å²) >= 11 is 0. The SMILES string of the molecule is C=CCn1c(=O)c2c(nc3n2C(C)C(C)=NN3C(C)C)n(C)c1=O. The quantitative estimate of drug-likeness (QED) is 0.794. The molecule has 1 atom stereocenters. The maximum absolute atomic E-state index is 12.9. The second kappa shape index (κ2) is 5.47. The molecular weight excluding hydrogens is 308 g/mol. The average molecular weight is 330 g/mol. The van der Waals surface area contributed by atoms with Crippen molar-refractivity contribution in [1.82, 2.24) is 18.7 Å². The molecule has 3 rings (SSSR count). The molecule has 0 aliphatic carbocycles. The second-order valence-corrected chi connectivity index (χ2v) is 6.36. The number of anilines is 1. The lowest BCUT2D eigenvalue weighted by molar-refractivity contribution is 0.596. The van der Waals surface area contributed by atoms with Crippen LogP contribution in [0.4, 0.5) is 5.95 Å². The Morgan fingerprint density at radius 1 is 1.33 bits per heavy atom. The van der Waals surface area contributed by atoms with Crippen molar-refractivity contribution in [3.05, 3.63) is 33.5 Å². The second-order valence-electron chi connectivity index (χ2n) is 6.36. The Kier molecular flexibility index (Phi) is 3.70. The Hall–Kier alpha value is -2.64. The van der Waals surface area contributed by atoms with E-state index in [1.165, 1.54) is 9.13 Å². The molecule has 24 heavy (non-hydrogen) atoms. The number of hydrogen-bond donors (Lipinski definition) is 0. The van der Waals surface area contributed by atoms with Crippen LogP contribution in [-0.4, -0.2) is 30.4 Å². The number of aromatic nitrogens is 4. The Morgan fingerprint density at radius 2 is 2.00 bits per heavy atom. The van der Waals surface area contributed by atoms with Crippen molar-refractivity contribution in [2.24, 2.45) is 12.1 Å². The fourth-order valence-electron chi connectivity index (χ4n) is 2.98. The molecule has 8 nitrogen and oxygen atoms in total. The molecule has 0 radical (unpaired) electrons. The molecule has 8 heteroatoms. The lowest BCUT2D eigenvalue weighted by Crippen LogP contribution is -2.40. The number of imidazole rings is 1. The van der Waals surface area contributed by atoms with E-state index in [9.17, 15) is 9.59 Å². The standard InChI is InChI=1S/C16H22N6O2/c1-7-8-20-14(23)12-13(19(6)16(20)24)17-15-21(12)11(5)10(4)18-22(15)9(2)3/h7,9,11H,1,8H2,2-6H3. The summed E-state index contributed by atoms with van der Waals surface area (Å²) in [6, 6.07) is -0.0298. The largest absolute Gasteiger partial charge is 0.332 e. The number of nitrogens with zero attached hydrogens (tertiary/aromatic N) is 6. The predicted octanol–water partition coefficient (Wildman–Crippen LogP) is 1.25. The Balaban J connectivity index is 2.47. The van der Waals surface area contributed by atoms with Crippen LogP contribution in [0.1, 0.15) is 33.7 Å². The summed E-state index contributed by atoms with van der Waals surface area (Å²) in [5, 5.41) is 6.38. The molecule has 1 aliphatic rings. The van der Waals surface area contributed by atoms with Crippen molar-refractivity contribution in [2.45, 2.75) is 46.3 Å². The summed E-state index contributed by atoms with van der Waals surface area (Å²) in [4.78, 5) is 30.0. The van der Waals surface area contributed by atoms with Crippen LogP contribution in [0.2, 0.25) is 0 Å². The van der Waals surface area contributed by atoms with E-state index < -0.39 is 5.69 Å². The van der Waals surface area contributed by atoms with E-state index in [1.807, 2.05) is 32.3 Å². The summed E-state index contributed by atoms with van der Waals surface area (Å²) in [7, 11) is 1.63. The van der Waals surface area contributed by atoms with Gasteiger partial charge in [0.2, 0.25) is 5.95 Å². The van der Waals surface area contributed by atoms with Crippen molar-refractivity contribution in [1.29, 1.82) is 0 Å². The molecule has 3 heterocycles. The first-order valence-electron chi connectivity index (χ1n) is 7.96. The number of hydrogen-bond acceptors (Lipinski definition) is 5. The highest BCUT2D eigenvalue weighted by Crippen LogP contribution is 2.30. The zero-order valence-electron chi connectivity index (χ0n) is 14.6. The van der Waals surface area contributed by atoms with E-state index in [0.29, 0.717) is 17.1 Å². The van der Waals surface area contributed by atoms with E-state index in [2.05, 4.69) is 16.7 Å². The van der Waals surface area contributed by atoms with Gasteiger partial charge in [-0.15, -0.1) is 6.58 Å². The third-order valence-corrected chi connectivity index (χ3v) is 4.42. The topological polar surface area (TPSA) is 77.4 Å². The summed E-state index contributed by atoms with van der Waals surface area (Å²) in [6.07, 6.45) is 1.54. The van der Waals surface area contributed by atoms with Crippen LogP contribution < -0.4 is 16.3 Å². The molecule has 2 aromatic heterocycles. The fourth-order valence-corrected chi connectivity index (χ4v) is 2.98. The van der Waals surface area contributed by atoms with Gasteiger partial charge in [-0.05, 0) is 27.7 Å². The maximum atomic E-state index is 12.9. The lowest BCUT2D eigenvalue weighted by Gasteiger charge is -2.31. The van der Waals surface area contributed by atoms with Gasteiger partial charge in [0.15, 0.2) is 11.2 Å². The molecule has 128 valence electrons. The minimum Gasteiger partial charge on any atom is -0.294 e. The molecule has 0 saturated carbocycles. The number of allylic oxidation sites excluding steroid dienone is 1. The minimum atomic E-state index is -0.399. The normalized spacial score (nSPS) is 17.3. The van der Waals surface area contributed by atoms with Crippen LogP contribution in [0.15, 0.2) is 27.3 Å². The summed E-state index contributed by atoms with van der Waals surface area (Å²) in [5.41, 5.74) is 0.935. The minimum absolute atomic E-state index is 0.0791. The molecule has 0 saturated heterocycles. The molecule has 0 bridgehead atoms. The molecule has 0 amide bonds. The van der Waals surface area contributed by atoms with Gasteiger partial charge in [0.1, 0.15) is 0 Å². The van der Waals surface area contributed by atoms with Crippen LogP contribution in [0, 0.1) is 0 Å². The molecule has 0 fully saturated rings. The predicted molar refractivity (Wildman–Crippen MR) is 94.9 cm³/mol. The van der Waals surface area contributed by atoms with Crippen LogP contribution >= 0.6 is 0 Å². The number of fused-ring (bicyclic) bond motifs is 3. The summed E-state index contributed by atoms with van der Waals surface area (Å²) in [6.45, 7) is 11.7. The lowest BCUT2D eigenvalue weighted by atomic mass is 10.2. The fraction of sp³-hybridized carbons (Fsp3) is 0.500. The highest BCUT2D eigenvalue weighted by Gasteiger charge is 2.31. The zero-order chi connectivity index (χ0) is 17.8. The first-order chi connectivity index (χ1) is 11.3. The van der Waals surface area contributed by atoms with Crippen LogP contribution in [0.3, 0.4) is 0 Å². The van der Waals surface area contributed by atoms with Crippen molar-refractivity contribution in [3.8, 4) is 0 Å². The van der Waals surface area contributed by atoms with Gasteiger partial charge in [-0.1, -0.05) is 6.08 Å². The monoisotopic (exact) mass is 330 g/mol. The van der Waals surface area contributed by atoms with Gasteiger partial charge in [0.05, 0.1) is 17.8 Å². The van der Waals surface area contributed by atoms with Crippen molar-refractivity contribution in [3.63, 3.8) is 0 Å². The van der Waals surface area contributed by atoms with E-state index in [4.69, 9.17) is 0 Å². The van der Waals surface area contributed by atoms with E-state index in [-0.39, 0.29) is 24.2 Å². The molecule has 0 aromatic carbocycles. The van der Waals surface area contributed by atoms with Crippen LogP contribution in [-0.2, 0) is 13.6 Å². The van der Waals surface area contributed by atoms with Gasteiger partial charge < -0.3 is 0 Å². The van der Waals surface area contributed by atoms with Crippen LogP contribution in [0.25, 0.3) is 11.2 Å². The Morgan fingerprint density at radius 3 is 2.58 bits per heavy atom. The molecule has 0 N–H and O–H groups in total. The van der Waals surface area contributed by atoms with Gasteiger partial charge >= 0.3 is 5.69 Å². The van der Waals surface area contributed by atoms with Gasteiger partial charge in [-0.2, -0.15) is 10.1 Å². The molecule has 0 spiro atoms. The number of hydrazone groups is 1. The smallest absolute Gasteiger partial charge is 0.294 e. The molecule has 1 aliphatic heterocycles. The summed E-state index contributed by atoms with van der Waals surface area (Å²) < 4.78 is 4.46. The maximum Gasteiger partial charge on any atom is 0.332 e. The van der Waals surface area contributed by atoms with E-state index in [0.717, 1.165) is 5.71 Å². The third-order valence-electron chi connectivity index (χ3n) is 4.42. The van der Waals surface area contributed by atoms with Crippen molar-refractivity contribution >= 4 is 22.8 Å². The third kappa shape index (κ3) is 2.05. The average Bonchev–Trinajstić information content (AvgIpc) is 2.93. The first-order valence-corrected chi connectivity index (χ1v) is 7.96. The Bertz CT molecular complexity index is 975. The van der Waals surface area contributed by atoms with Gasteiger partial charge in [-0.25, -0.2) is 9.80 Å². The van der Waals surface area contributed by atoms with Crippen molar-refractivity contribution < 1.29 is 0 Å². The summed E-state index contributed by atoms with van der Waals surface area (Å²) in [5.74, 6) is 0.585.